The molecule has 0 saturated heterocycles. The molecule has 1 rings (SSSR count). The van der Waals surface area contributed by atoms with E-state index in [-0.39, 0.29) is 18.7 Å². The fourth-order valence-electron chi connectivity index (χ4n) is 1.40. The van der Waals surface area contributed by atoms with Crippen molar-refractivity contribution in [2.75, 3.05) is 6.61 Å². The Hall–Kier alpha value is -1.55. The van der Waals surface area contributed by atoms with Crippen molar-refractivity contribution in [1.82, 2.24) is 10.6 Å². The van der Waals surface area contributed by atoms with Crippen LogP contribution in [0.25, 0.3) is 0 Å². The lowest BCUT2D eigenvalue weighted by Crippen LogP contribution is -2.43. The van der Waals surface area contributed by atoms with Crippen LogP contribution in [0.4, 0.5) is 4.79 Å². The third-order valence-electron chi connectivity index (χ3n) is 2.62. The first-order valence-electron chi connectivity index (χ1n) is 5.86. The highest BCUT2D eigenvalue weighted by molar-refractivity contribution is 5.74. The lowest BCUT2D eigenvalue weighted by molar-refractivity contribution is 0.214. The molecular formula is C13H20N2O2. The lowest BCUT2D eigenvalue weighted by atomic mass is 10.1. The van der Waals surface area contributed by atoms with Gasteiger partial charge in [-0.25, -0.2) is 4.79 Å². The highest BCUT2D eigenvalue weighted by Gasteiger charge is 2.07. The maximum Gasteiger partial charge on any atom is 0.315 e. The van der Waals surface area contributed by atoms with Crippen molar-refractivity contribution in [2.45, 2.75) is 32.9 Å². The number of carbonyl (C=O) groups is 1. The van der Waals surface area contributed by atoms with Crippen molar-refractivity contribution in [3.63, 3.8) is 0 Å². The number of hydrogen-bond acceptors (Lipinski definition) is 2. The number of urea groups is 1. The predicted octanol–water partition coefficient (Wildman–Crippen LogP) is 1.57. The van der Waals surface area contributed by atoms with Gasteiger partial charge in [0.1, 0.15) is 0 Å². The molecule has 0 bridgehead atoms. The summed E-state index contributed by atoms with van der Waals surface area (Å²) in [6.07, 6.45) is 0.717. The molecule has 0 aliphatic heterocycles. The molecule has 1 aromatic rings. The van der Waals surface area contributed by atoms with Crippen LogP contribution in [0.2, 0.25) is 0 Å². The van der Waals surface area contributed by atoms with Gasteiger partial charge in [-0.1, -0.05) is 36.8 Å². The molecule has 17 heavy (non-hydrogen) atoms. The monoisotopic (exact) mass is 236 g/mol. The number of aliphatic hydroxyl groups excluding tert-OH is 1. The molecule has 4 heteroatoms. The zero-order chi connectivity index (χ0) is 12.7. The smallest absolute Gasteiger partial charge is 0.315 e. The largest absolute Gasteiger partial charge is 0.394 e. The van der Waals surface area contributed by atoms with E-state index in [2.05, 4.69) is 10.6 Å². The Balaban J connectivity index is 2.35. The molecule has 0 spiro atoms. The van der Waals surface area contributed by atoms with E-state index < -0.39 is 0 Å². The van der Waals surface area contributed by atoms with Gasteiger partial charge >= 0.3 is 6.03 Å². The normalized spacial score (nSPS) is 11.9. The molecule has 0 saturated carbocycles. The van der Waals surface area contributed by atoms with Gasteiger partial charge < -0.3 is 15.7 Å². The van der Waals surface area contributed by atoms with Crippen LogP contribution in [0, 0.1) is 6.92 Å². The van der Waals surface area contributed by atoms with E-state index >= 15 is 0 Å². The van der Waals surface area contributed by atoms with Crippen LogP contribution < -0.4 is 10.6 Å². The molecular weight excluding hydrogens is 216 g/mol. The second kappa shape index (κ2) is 6.91. The highest BCUT2D eigenvalue weighted by atomic mass is 16.3. The van der Waals surface area contributed by atoms with Crippen molar-refractivity contribution in [1.29, 1.82) is 0 Å². The van der Waals surface area contributed by atoms with Gasteiger partial charge in [0.25, 0.3) is 0 Å². The first kappa shape index (κ1) is 13.5. The van der Waals surface area contributed by atoms with Crippen molar-refractivity contribution >= 4 is 6.03 Å². The average molecular weight is 236 g/mol. The van der Waals surface area contributed by atoms with Crippen LogP contribution in [0.15, 0.2) is 24.3 Å². The summed E-state index contributed by atoms with van der Waals surface area (Å²) in [6, 6.07) is 7.58. The third-order valence-corrected chi connectivity index (χ3v) is 2.62. The quantitative estimate of drug-likeness (QED) is 0.726. The van der Waals surface area contributed by atoms with Crippen LogP contribution in [0.1, 0.15) is 24.5 Å². The Kier molecular flexibility index (Phi) is 5.49. The third kappa shape index (κ3) is 4.87. The molecule has 0 unspecified atom stereocenters. The number of aliphatic hydroxyl groups is 1. The van der Waals surface area contributed by atoms with E-state index in [1.165, 1.54) is 5.56 Å². The van der Waals surface area contributed by atoms with Crippen molar-refractivity contribution < 1.29 is 9.90 Å². The van der Waals surface area contributed by atoms with E-state index in [0.29, 0.717) is 13.0 Å². The topological polar surface area (TPSA) is 61.4 Å². The number of hydrogen-bond donors (Lipinski definition) is 3. The predicted molar refractivity (Wildman–Crippen MR) is 67.7 cm³/mol. The number of carbonyl (C=O) groups excluding carboxylic acids is 1. The van der Waals surface area contributed by atoms with Crippen LogP contribution in [0.3, 0.4) is 0 Å². The summed E-state index contributed by atoms with van der Waals surface area (Å²) >= 11 is 0. The van der Waals surface area contributed by atoms with E-state index in [9.17, 15) is 4.79 Å². The van der Waals surface area contributed by atoms with Crippen LogP contribution >= 0.6 is 0 Å². The molecule has 0 aromatic heterocycles. The number of rotatable bonds is 5. The van der Waals surface area contributed by atoms with Gasteiger partial charge in [-0.3, -0.25) is 0 Å². The maximum atomic E-state index is 11.5. The van der Waals surface area contributed by atoms with Gasteiger partial charge in [0.15, 0.2) is 0 Å². The molecule has 94 valence electrons. The lowest BCUT2D eigenvalue weighted by Gasteiger charge is -2.14. The van der Waals surface area contributed by atoms with Crippen molar-refractivity contribution in [3.05, 3.63) is 35.4 Å². The van der Waals surface area contributed by atoms with E-state index in [1.54, 1.807) is 0 Å². The van der Waals surface area contributed by atoms with Crippen molar-refractivity contribution in [2.24, 2.45) is 0 Å². The molecule has 0 radical (unpaired) electrons. The Morgan fingerprint density at radius 2 is 2.00 bits per heavy atom. The molecule has 0 aliphatic rings. The van der Waals surface area contributed by atoms with Crippen LogP contribution in [0.5, 0.6) is 0 Å². The summed E-state index contributed by atoms with van der Waals surface area (Å²) < 4.78 is 0. The molecule has 0 aliphatic carbocycles. The fraction of sp³-hybridized carbons (Fsp3) is 0.462. The fourth-order valence-corrected chi connectivity index (χ4v) is 1.40. The molecule has 2 amide bonds. The SMILES string of the molecule is CC[C@@H](CO)NC(=O)NCc1ccc(C)cc1. The summed E-state index contributed by atoms with van der Waals surface area (Å²) in [6.45, 7) is 4.40. The Bertz CT molecular complexity index is 345. The van der Waals surface area contributed by atoms with E-state index in [1.807, 2.05) is 38.1 Å². The summed E-state index contributed by atoms with van der Waals surface area (Å²) in [7, 11) is 0. The Labute approximate surface area is 102 Å². The maximum absolute atomic E-state index is 11.5. The summed E-state index contributed by atoms with van der Waals surface area (Å²) in [5, 5.41) is 14.4. The highest BCUT2D eigenvalue weighted by Crippen LogP contribution is 2.02. The first-order valence-corrected chi connectivity index (χ1v) is 5.86. The van der Waals surface area contributed by atoms with Crippen molar-refractivity contribution in [3.8, 4) is 0 Å². The summed E-state index contributed by atoms with van der Waals surface area (Å²) in [4.78, 5) is 11.5. The average Bonchev–Trinajstić information content (AvgIpc) is 2.35. The number of nitrogens with one attached hydrogen (secondary N) is 2. The summed E-state index contributed by atoms with van der Waals surface area (Å²) in [5.41, 5.74) is 2.26. The number of amides is 2. The minimum absolute atomic E-state index is 0.0333. The molecule has 4 nitrogen and oxygen atoms in total. The van der Waals surface area contributed by atoms with Gasteiger partial charge in [-0.2, -0.15) is 0 Å². The molecule has 0 heterocycles. The van der Waals surface area contributed by atoms with Gasteiger partial charge in [0.2, 0.25) is 0 Å². The molecule has 1 aromatic carbocycles. The van der Waals surface area contributed by atoms with Gasteiger partial charge in [0, 0.05) is 6.54 Å². The Morgan fingerprint density at radius 1 is 1.35 bits per heavy atom. The molecule has 0 fully saturated rings. The van der Waals surface area contributed by atoms with Crippen LogP contribution in [-0.4, -0.2) is 23.8 Å². The van der Waals surface area contributed by atoms with Crippen LogP contribution in [-0.2, 0) is 6.54 Å². The van der Waals surface area contributed by atoms with Gasteiger partial charge in [-0.15, -0.1) is 0 Å². The molecule has 3 N–H and O–H groups in total. The number of benzene rings is 1. The second-order valence-electron chi connectivity index (χ2n) is 4.10. The standard InChI is InChI=1S/C13H20N2O2/c1-3-12(9-16)15-13(17)14-8-11-6-4-10(2)5-7-11/h4-7,12,16H,3,8-9H2,1-2H3,(H2,14,15,17)/t12-/m0/s1. The minimum Gasteiger partial charge on any atom is -0.394 e. The Morgan fingerprint density at radius 3 is 2.53 bits per heavy atom. The zero-order valence-electron chi connectivity index (χ0n) is 10.4. The second-order valence-corrected chi connectivity index (χ2v) is 4.10. The van der Waals surface area contributed by atoms with E-state index in [0.717, 1.165) is 5.56 Å². The first-order chi connectivity index (χ1) is 8.15. The summed E-state index contributed by atoms with van der Waals surface area (Å²) in [5.74, 6) is 0. The van der Waals surface area contributed by atoms with Gasteiger partial charge in [0.05, 0.1) is 12.6 Å². The van der Waals surface area contributed by atoms with Gasteiger partial charge in [-0.05, 0) is 18.9 Å². The van der Waals surface area contributed by atoms with E-state index in [4.69, 9.17) is 5.11 Å². The minimum atomic E-state index is -0.244. The zero-order valence-corrected chi connectivity index (χ0v) is 10.4. The number of aryl methyl sites for hydroxylation is 1. The molecule has 1 atom stereocenters.